The van der Waals surface area contributed by atoms with Gasteiger partial charge < -0.3 is 0 Å². The molecule has 0 fully saturated rings. The highest BCUT2D eigenvalue weighted by Crippen LogP contribution is 2.23. The van der Waals surface area contributed by atoms with Crippen molar-refractivity contribution < 1.29 is 0 Å². The first kappa shape index (κ1) is 11.0. The van der Waals surface area contributed by atoms with Gasteiger partial charge in [0.05, 0.1) is 27.0 Å². The average Bonchev–Trinajstić information content (AvgIpc) is 2.59. The molecule has 0 aliphatic carbocycles. The maximum atomic E-state index is 9.03. The summed E-state index contributed by atoms with van der Waals surface area (Å²) in [7, 11) is 0. The molecule has 0 atom stereocenters. The first-order valence-electron chi connectivity index (χ1n) is 4.54. The van der Waals surface area contributed by atoms with Crippen LogP contribution >= 0.6 is 23.2 Å². The van der Waals surface area contributed by atoms with Crippen molar-refractivity contribution in [1.29, 1.82) is 5.26 Å². The number of aryl methyl sites for hydroxylation is 1. The second-order valence-electron chi connectivity index (χ2n) is 3.25. The minimum atomic E-state index is 0.392. The molecule has 1 aromatic carbocycles. The zero-order chi connectivity index (χ0) is 11.7. The second kappa shape index (κ2) is 4.17. The first-order chi connectivity index (χ1) is 7.63. The normalized spacial score (nSPS) is 10.1. The van der Waals surface area contributed by atoms with E-state index in [9.17, 15) is 0 Å². The van der Waals surface area contributed by atoms with Gasteiger partial charge in [0, 0.05) is 6.20 Å². The molecule has 0 unspecified atom stereocenters. The molecule has 3 nitrogen and oxygen atoms in total. The minimum Gasteiger partial charge on any atom is -0.238 e. The summed E-state index contributed by atoms with van der Waals surface area (Å²) in [4.78, 5) is 0. The molecule has 0 spiro atoms. The van der Waals surface area contributed by atoms with Crippen molar-refractivity contribution in [3.8, 4) is 11.8 Å². The molecule has 1 heterocycles. The molecule has 0 saturated carbocycles. The Balaban J connectivity index is 2.65. The van der Waals surface area contributed by atoms with E-state index in [-0.39, 0.29) is 0 Å². The topological polar surface area (TPSA) is 41.6 Å². The van der Waals surface area contributed by atoms with Gasteiger partial charge in [-0.15, -0.1) is 0 Å². The van der Waals surface area contributed by atoms with Crippen molar-refractivity contribution in [3.05, 3.63) is 45.7 Å². The lowest BCUT2D eigenvalue weighted by atomic mass is 10.2. The van der Waals surface area contributed by atoms with Crippen LogP contribution in [0.3, 0.4) is 0 Å². The van der Waals surface area contributed by atoms with Crippen molar-refractivity contribution in [3.63, 3.8) is 0 Å². The molecule has 1 aromatic heterocycles. The lowest BCUT2D eigenvalue weighted by molar-refractivity contribution is 0.860. The molecular weight excluding hydrogens is 245 g/mol. The molecule has 0 radical (unpaired) electrons. The SMILES string of the molecule is Cc1nn(-c2cccc(Cl)c2C#N)cc1Cl. The van der Waals surface area contributed by atoms with Crippen LogP contribution in [0.15, 0.2) is 24.4 Å². The van der Waals surface area contributed by atoms with Crippen LogP contribution in [-0.2, 0) is 0 Å². The first-order valence-corrected chi connectivity index (χ1v) is 5.30. The van der Waals surface area contributed by atoms with Crippen LogP contribution < -0.4 is 0 Å². The van der Waals surface area contributed by atoms with E-state index in [0.29, 0.717) is 27.0 Å². The molecule has 0 N–H and O–H groups in total. The van der Waals surface area contributed by atoms with Gasteiger partial charge in [0.25, 0.3) is 0 Å². The average molecular weight is 252 g/mol. The van der Waals surface area contributed by atoms with Gasteiger partial charge in [0.15, 0.2) is 0 Å². The molecule has 0 aliphatic heterocycles. The number of nitrogens with zero attached hydrogens (tertiary/aromatic N) is 3. The highest BCUT2D eigenvalue weighted by Gasteiger charge is 2.10. The van der Waals surface area contributed by atoms with Crippen LogP contribution in [0.25, 0.3) is 5.69 Å². The number of rotatable bonds is 1. The third-order valence-corrected chi connectivity index (χ3v) is 2.88. The smallest absolute Gasteiger partial charge is 0.103 e. The monoisotopic (exact) mass is 251 g/mol. The Bertz CT molecular complexity index is 562. The molecule has 0 aliphatic rings. The quantitative estimate of drug-likeness (QED) is 0.780. The summed E-state index contributed by atoms with van der Waals surface area (Å²) in [6.07, 6.45) is 1.66. The predicted octanol–water partition coefficient (Wildman–Crippen LogP) is 3.36. The lowest BCUT2D eigenvalue weighted by Crippen LogP contribution is -1.98. The van der Waals surface area contributed by atoms with Gasteiger partial charge in [-0.05, 0) is 19.1 Å². The fourth-order valence-electron chi connectivity index (χ4n) is 1.38. The molecule has 0 bridgehead atoms. The summed E-state index contributed by atoms with van der Waals surface area (Å²) in [6, 6.07) is 7.26. The van der Waals surface area contributed by atoms with Gasteiger partial charge in [0.1, 0.15) is 6.07 Å². The number of nitriles is 1. The van der Waals surface area contributed by atoms with E-state index < -0.39 is 0 Å². The Morgan fingerprint density at radius 1 is 1.31 bits per heavy atom. The molecule has 5 heteroatoms. The number of aromatic nitrogens is 2. The zero-order valence-corrected chi connectivity index (χ0v) is 9.92. The van der Waals surface area contributed by atoms with E-state index in [1.807, 2.05) is 0 Å². The third kappa shape index (κ3) is 1.78. The fraction of sp³-hybridized carbons (Fsp3) is 0.0909. The van der Waals surface area contributed by atoms with E-state index in [2.05, 4.69) is 11.2 Å². The maximum Gasteiger partial charge on any atom is 0.103 e. The van der Waals surface area contributed by atoms with Crippen LogP contribution in [-0.4, -0.2) is 9.78 Å². The van der Waals surface area contributed by atoms with Gasteiger partial charge in [-0.1, -0.05) is 29.3 Å². The number of hydrogen-bond donors (Lipinski definition) is 0. The largest absolute Gasteiger partial charge is 0.238 e. The fourth-order valence-corrected chi connectivity index (χ4v) is 1.72. The maximum absolute atomic E-state index is 9.03. The molecule has 2 rings (SSSR count). The van der Waals surface area contributed by atoms with Crippen LogP contribution in [0.2, 0.25) is 10.0 Å². The number of hydrogen-bond acceptors (Lipinski definition) is 2. The Kier molecular flexibility index (Phi) is 2.86. The van der Waals surface area contributed by atoms with Crippen LogP contribution in [0.1, 0.15) is 11.3 Å². The van der Waals surface area contributed by atoms with E-state index in [1.165, 1.54) is 0 Å². The lowest BCUT2D eigenvalue weighted by Gasteiger charge is -2.04. The van der Waals surface area contributed by atoms with E-state index >= 15 is 0 Å². The summed E-state index contributed by atoms with van der Waals surface area (Å²) in [5.41, 5.74) is 1.74. The molecule has 16 heavy (non-hydrogen) atoms. The number of benzene rings is 1. The summed E-state index contributed by atoms with van der Waals surface area (Å²) in [5, 5.41) is 14.2. The highest BCUT2D eigenvalue weighted by atomic mass is 35.5. The predicted molar refractivity (Wildman–Crippen MR) is 63.0 cm³/mol. The third-order valence-electron chi connectivity index (χ3n) is 2.19. The summed E-state index contributed by atoms with van der Waals surface area (Å²) in [5.74, 6) is 0. The summed E-state index contributed by atoms with van der Waals surface area (Å²) >= 11 is 11.8. The van der Waals surface area contributed by atoms with Gasteiger partial charge in [-0.2, -0.15) is 10.4 Å². The molecule has 0 amide bonds. The van der Waals surface area contributed by atoms with Crippen LogP contribution in [0.4, 0.5) is 0 Å². The van der Waals surface area contributed by atoms with Crippen LogP contribution in [0.5, 0.6) is 0 Å². The Morgan fingerprint density at radius 3 is 2.62 bits per heavy atom. The van der Waals surface area contributed by atoms with Gasteiger partial charge in [0.2, 0.25) is 0 Å². The van der Waals surface area contributed by atoms with Gasteiger partial charge in [-0.3, -0.25) is 0 Å². The molecule has 0 saturated heterocycles. The summed E-state index contributed by atoms with van der Waals surface area (Å²) in [6.45, 7) is 1.80. The number of halogens is 2. The molecular formula is C11H7Cl2N3. The van der Waals surface area contributed by atoms with E-state index in [0.717, 1.165) is 0 Å². The van der Waals surface area contributed by atoms with Crippen molar-refractivity contribution in [2.75, 3.05) is 0 Å². The minimum absolute atomic E-state index is 0.392. The van der Waals surface area contributed by atoms with Crippen molar-refractivity contribution in [1.82, 2.24) is 9.78 Å². The Hall–Kier alpha value is -1.50. The van der Waals surface area contributed by atoms with Crippen molar-refractivity contribution in [2.45, 2.75) is 6.92 Å². The van der Waals surface area contributed by atoms with Crippen LogP contribution in [0, 0.1) is 18.3 Å². The zero-order valence-electron chi connectivity index (χ0n) is 8.41. The van der Waals surface area contributed by atoms with E-state index in [4.69, 9.17) is 28.5 Å². The van der Waals surface area contributed by atoms with Crippen molar-refractivity contribution in [2.24, 2.45) is 0 Å². The van der Waals surface area contributed by atoms with E-state index in [1.54, 1.807) is 36.0 Å². The molecule has 2 aromatic rings. The van der Waals surface area contributed by atoms with Gasteiger partial charge >= 0.3 is 0 Å². The standard InChI is InChI=1S/C11H7Cl2N3/c1-7-10(13)6-16(15-7)11-4-2-3-9(12)8(11)5-14/h2-4,6H,1H3. The molecule has 80 valence electrons. The van der Waals surface area contributed by atoms with Crippen molar-refractivity contribution >= 4 is 23.2 Å². The second-order valence-corrected chi connectivity index (χ2v) is 4.07. The summed E-state index contributed by atoms with van der Waals surface area (Å²) < 4.78 is 1.56. The van der Waals surface area contributed by atoms with Gasteiger partial charge in [-0.25, -0.2) is 4.68 Å². The Morgan fingerprint density at radius 2 is 2.06 bits per heavy atom. The Labute approximate surface area is 103 Å². The highest BCUT2D eigenvalue weighted by molar-refractivity contribution is 6.32.